The molecule has 19 heavy (non-hydrogen) atoms. The highest BCUT2D eigenvalue weighted by molar-refractivity contribution is 6.21. The molecule has 2 heterocycles. The lowest BCUT2D eigenvalue weighted by Crippen LogP contribution is -2.32. The van der Waals surface area contributed by atoms with E-state index in [-0.39, 0.29) is 16.9 Å². The summed E-state index contributed by atoms with van der Waals surface area (Å²) in [5.74, 6) is -2.54. The van der Waals surface area contributed by atoms with Crippen molar-refractivity contribution in [2.75, 3.05) is 0 Å². The number of oxazole rings is 1. The van der Waals surface area contributed by atoms with Crippen LogP contribution in [0.25, 0.3) is 0 Å². The van der Waals surface area contributed by atoms with Gasteiger partial charge in [-0.05, 0) is 12.1 Å². The van der Waals surface area contributed by atoms with Gasteiger partial charge in [0, 0.05) is 0 Å². The maximum Gasteiger partial charge on any atom is 0.400 e. The van der Waals surface area contributed by atoms with E-state index in [1.165, 1.54) is 12.1 Å². The number of hydrogen-bond acceptors (Lipinski definition) is 6. The van der Waals surface area contributed by atoms with Gasteiger partial charge in [0.2, 0.25) is 5.76 Å². The summed E-state index contributed by atoms with van der Waals surface area (Å²) in [6.45, 7) is 0. The second kappa shape index (κ2) is 4.05. The average Bonchev–Trinajstić information content (AvgIpc) is 3.03. The molecule has 0 radical (unpaired) electrons. The molecule has 0 atom stereocenters. The molecule has 3 rings (SSSR count). The summed E-state index contributed by atoms with van der Waals surface area (Å²) < 4.78 is 4.72. The van der Waals surface area contributed by atoms with Gasteiger partial charge < -0.3 is 9.25 Å². The topological polar surface area (TPSA) is 89.7 Å². The molecule has 1 aliphatic rings. The van der Waals surface area contributed by atoms with Crippen LogP contribution in [0, 0.1) is 0 Å². The first-order valence-electron chi connectivity index (χ1n) is 5.27. The number of carbonyl (C=O) groups excluding carboxylic acids is 3. The average molecular weight is 258 g/mol. The fourth-order valence-electron chi connectivity index (χ4n) is 1.69. The molecule has 2 amide bonds. The number of nitrogens with zero attached hydrogens (tertiary/aromatic N) is 2. The third-order valence-corrected chi connectivity index (χ3v) is 2.56. The van der Waals surface area contributed by atoms with Crippen LogP contribution in [0.2, 0.25) is 0 Å². The highest BCUT2D eigenvalue weighted by atomic mass is 16.7. The first kappa shape index (κ1) is 11.1. The molecule has 1 aromatic heterocycles. The molecular weight excluding hydrogens is 252 g/mol. The van der Waals surface area contributed by atoms with E-state index in [4.69, 9.17) is 9.25 Å². The molecule has 0 fully saturated rings. The maximum absolute atomic E-state index is 11.9. The van der Waals surface area contributed by atoms with Gasteiger partial charge in [-0.1, -0.05) is 17.2 Å². The van der Waals surface area contributed by atoms with Crippen molar-refractivity contribution in [2.24, 2.45) is 0 Å². The normalized spacial score (nSPS) is 13.6. The monoisotopic (exact) mass is 258 g/mol. The zero-order chi connectivity index (χ0) is 13.4. The van der Waals surface area contributed by atoms with Gasteiger partial charge in [0.25, 0.3) is 11.8 Å². The summed E-state index contributed by atoms with van der Waals surface area (Å²) in [6.07, 6.45) is 2.17. The van der Waals surface area contributed by atoms with E-state index in [1.807, 2.05) is 0 Å². The number of imide groups is 1. The van der Waals surface area contributed by atoms with Gasteiger partial charge in [0.1, 0.15) is 0 Å². The van der Waals surface area contributed by atoms with Gasteiger partial charge >= 0.3 is 5.97 Å². The molecule has 1 aromatic carbocycles. The van der Waals surface area contributed by atoms with E-state index in [9.17, 15) is 14.4 Å². The minimum atomic E-state index is -0.966. The van der Waals surface area contributed by atoms with Crippen molar-refractivity contribution in [3.8, 4) is 0 Å². The van der Waals surface area contributed by atoms with Gasteiger partial charge in [0.15, 0.2) is 6.39 Å². The Kier molecular flexibility index (Phi) is 2.38. The molecule has 1 aliphatic heterocycles. The van der Waals surface area contributed by atoms with Crippen LogP contribution >= 0.6 is 0 Å². The van der Waals surface area contributed by atoms with E-state index < -0.39 is 17.8 Å². The van der Waals surface area contributed by atoms with Crippen molar-refractivity contribution in [1.29, 1.82) is 0 Å². The van der Waals surface area contributed by atoms with Gasteiger partial charge in [0.05, 0.1) is 17.3 Å². The Hall–Kier alpha value is -2.96. The molecule has 2 aromatic rings. The zero-order valence-corrected chi connectivity index (χ0v) is 9.40. The lowest BCUT2D eigenvalue weighted by atomic mass is 10.1. The number of hydrogen-bond donors (Lipinski definition) is 0. The van der Waals surface area contributed by atoms with Crippen molar-refractivity contribution < 1.29 is 23.6 Å². The summed E-state index contributed by atoms with van der Waals surface area (Å²) in [5, 5.41) is 0.412. The smallest absolute Gasteiger partial charge is 0.400 e. The standard InChI is InChI=1S/C12H6N2O5/c15-10-7-3-1-2-4-8(7)11(16)14(10)19-12(17)9-5-13-6-18-9/h1-6H. The first-order valence-corrected chi connectivity index (χ1v) is 5.27. The Labute approximate surface area is 106 Å². The Morgan fingerprint density at radius 1 is 1.16 bits per heavy atom. The lowest BCUT2D eigenvalue weighted by Gasteiger charge is -2.10. The lowest BCUT2D eigenvalue weighted by molar-refractivity contribution is -0.0603. The quantitative estimate of drug-likeness (QED) is 0.747. The maximum atomic E-state index is 11.9. The summed E-state index contributed by atoms with van der Waals surface area (Å²) in [6, 6.07) is 6.20. The third-order valence-electron chi connectivity index (χ3n) is 2.56. The number of fused-ring (bicyclic) bond motifs is 1. The van der Waals surface area contributed by atoms with Crippen LogP contribution in [0.1, 0.15) is 31.3 Å². The Balaban J connectivity index is 1.87. The molecule has 7 nitrogen and oxygen atoms in total. The van der Waals surface area contributed by atoms with Crippen molar-refractivity contribution in [3.05, 3.63) is 53.7 Å². The molecule has 0 bridgehead atoms. The third kappa shape index (κ3) is 1.68. The fourth-order valence-corrected chi connectivity index (χ4v) is 1.69. The minimum absolute atomic E-state index is 0.192. The molecule has 0 saturated heterocycles. The molecule has 0 unspecified atom stereocenters. The van der Waals surface area contributed by atoms with Crippen LogP contribution in [0.4, 0.5) is 0 Å². The largest absolute Gasteiger partial charge is 0.436 e. The second-order valence-electron chi connectivity index (χ2n) is 3.69. The molecule has 0 saturated carbocycles. The highest BCUT2D eigenvalue weighted by Gasteiger charge is 2.39. The highest BCUT2D eigenvalue weighted by Crippen LogP contribution is 2.23. The molecule has 0 spiro atoms. The van der Waals surface area contributed by atoms with Crippen molar-refractivity contribution in [1.82, 2.24) is 10.0 Å². The van der Waals surface area contributed by atoms with Crippen molar-refractivity contribution in [3.63, 3.8) is 0 Å². The minimum Gasteiger partial charge on any atom is -0.436 e. The Morgan fingerprint density at radius 2 is 1.79 bits per heavy atom. The molecule has 0 N–H and O–H groups in total. The summed E-state index contributed by atoms with van der Waals surface area (Å²) in [7, 11) is 0. The zero-order valence-electron chi connectivity index (χ0n) is 9.40. The number of carbonyl (C=O) groups is 3. The van der Waals surface area contributed by atoms with Gasteiger partial charge in [-0.25, -0.2) is 9.78 Å². The van der Waals surface area contributed by atoms with E-state index >= 15 is 0 Å². The number of amides is 2. The molecule has 7 heteroatoms. The molecule has 0 aliphatic carbocycles. The number of aromatic nitrogens is 1. The predicted molar refractivity (Wildman–Crippen MR) is 58.9 cm³/mol. The number of rotatable bonds is 2. The fraction of sp³-hybridized carbons (Fsp3) is 0. The summed E-state index contributed by atoms with van der Waals surface area (Å²) in [5.41, 5.74) is 0.385. The van der Waals surface area contributed by atoms with Crippen LogP contribution in [0.15, 0.2) is 41.3 Å². The summed E-state index contributed by atoms with van der Waals surface area (Å²) >= 11 is 0. The van der Waals surface area contributed by atoms with E-state index in [2.05, 4.69) is 4.98 Å². The van der Waals surface area contributed by atoms with Gasteiger partial charge in [-0.3, -0.25) is 9.59 Å². The molecule has 94 valence electrons. The Morgan fingerprint density at radius 3 is 2.32 bits per heavy atom. The summed E-state index contributed by atoms with van der Waals surface area (Å²) in [4.78, 5) is 43.7. The first-order chi connectivity index (χ1) is 9.18. The van der Waals surface area contributed by atoms with Crippen LogP contribution in [-0.2, 0) is 4.84 Å². The SMILES string of the molecule is O=C(ON1C(=O)c2ccccc2C1=O)c1cnco1. The van der Waals surface area contributed by atoms with Gasteiger partial charge in [-0.2, -0.15) is 0 Å². The van der Waals surface area contributed by atoms with Crippen molar-refractivity contribution >= 4 is 17.8 Å². The van der Waals surface area contributed by atoms with Crippen LogP contribution in [-0.4, -0.2) is 27.8 Å². The van der Waals surface area contributed by atoms with Crippen LogP contribution in [0.3, 0.4) is 0 Å². The van der Waals surface area contributed by atoms with Gasteiger partial charge in [-0.15, -0.1) is 0 Å². The molecular formula is C12H6N2O5. The number of benzene rings is 1. The second-order valence-corrected chi connectivity index (χ2v) is 3.69. The van der Waals surface area contributed by atoms with E-state index in [0.717, 1.165) is 12.6 Å². The van der Waals surface area contributed by atoms with Crippen molar-refractivity contribution in [2.45, 2.75) is 0 Å². The predicted octanol–water partition coefficient (Wildman–Crippen LogP) is 1.04. The van der Waals surface area contributed by atoms with E-state index in [0.29, 0.717) is 5.06 Å². The van der Waals surface area contributed by atoms with E-state index in [1.54, 1.807) is 12.1 Å². The number of hydroxylamine groups is 2. The van der Waals surface area contributed by atoms with Crippen LogP contribution in [0.5, 0.6) is 0 Å². The Bertz CT molecular complexity index is 642. The van der Waals surface area contributed by atoms with Crippen LogP contribution < -0.4 is 0 Å².